The highest BCUT2D eigenvalue weighted by Crippen LogP contribution is 2.46. The molecule has 0 N–H and O–H groups in total. The van der Waals surface area contributed by atoms with Gasteiger partial charge in [-0.25, -0.2) is 0 Å². The van der Waals surface area contributed by atoms with Crippen molar-refractivity contribution in [2.75, 3.05) is 17.8 Å². The maximum absolute atomic E-state index is 13.5. The number of amides is 1. The maximum Gasteiger partial charge on any atom is 0.247 e. The zero-order chi connectivity index (χ0) is 28.1. The second-order valence-electron chi connectivity index (χ2n) is 8.76. The number of aromatic nitrogens is 3. The number of carbonyl (C=O) groups excluding carboxylic acids is 1. The van der Waals surface area contributed by atoms with Gasteiger partial charge in [0.2, 0.25) is 23.2 Å². The molecule has 1 aliphatic rings. The molecule has 0 radical (unpaired) electrons. The molecule has 0 unspecified atom stereocenters. The van der Waals surface area contributed by atoms with Crippen molar-refractivity contribution in [2.45, 2.75) is 31.3 Å². The molecule has 8 nitrogen and oxygen atoms in total. The molecule has 0 saturated heterocycles. The molecule has 1 atom stereocenters. The first-order chi connectivity index (χ1) is 19.5. The first-order valence-corrected chi connectivity index (χ1v) is 14.4. The minimum Gasteiger partial charge on any atom is -0.493 e. The van der Waals surface area contributed by atoms with E-state index in [0.29, 0.717) is 56.0 Å². The third kappa shape index (κ3) is 5.68. The lowest BCUT2D eigenvalue weighted by Gasteiger charge is -2.31. The van der Waals surface area contributed by atoms with E-state index in [4.69, 9.17) is 14.2 Å². The SMILES string of the molecule is C=CCSc1nnc2c(n1)O[C@H](c1cc(Br)c(OCc3ccccc3)c(OC)c1)N(C(=O)CC)c1ccccc1-2. The highest BCUT2D eigenvalue weighted by Gasteiger charge is 2.36. The van der Waals surface area contributed by atoms with Gasteiger partial charge in [0.1, 0.15) is 6.61 Å². The number of para-hydroxylation sites is 1. The Bertz CT molecular complexity index is 1540. The van der Waals surface area contributed by atoms with Gasteiger partial charge in [0, 0.05) is 23.3 Å². The van der Waals surface area contributed by atoms with Crippen LogP contribution in [0.4, 0.5) is 5.69 Å². The van der Waals surface area contributed by atoms with Crippen LogP contribution in [0.15, 0.2) is 89.0 Å². The summed E-state index contributed by atoms with van der Waals surface area (Å²) in [6.45, 7) is 5.95. The number of nitrogens with zero attached hydrogens (tertiary/aromatic N) is 4. The standard InChI is InChI=1S/C30H27BrN4O4S/c1-4-15-40-30-32-28-26(33-34-30)21-13-9-10-14-23(21)35(25(36)5-2)29(39-28)20-16-22(31)27(24(17-20)37-3)38-18-19-11-7-6-8-12-19/h4,6-14,16-17,29H,1,5,15,18H2,2-3H3/t29-/m1/s1. The van der Waals surface area contributed by atoms with Crippen LogP contribution in [0.5, 0.6) is 17.4 Å². The Labute approximate surface area is 245 Å². The van der Waals surface area contributed by atoms with Crippen LogP contribution in [0.1, 0.15) is 30.7 Å². The van der Waals surface area contributed by atoms with Gasteiger partial charge in [0.15, 0.2) is 17.2 Å². The maximum atomic E-state index is 13.5. The number of halogens is 1. The fourth-order valence-corrected chi connectivity index (χ4v) is 5.40. The molecule has 3 aromatic carbocycles. The van der Waals surface area contributed by atoms with Crippen molar-refractivity contribution < 1.29 is 19.0 Å². The molecular formula is C30H27BrN4O4S. The lowest BCUT2D eigenvalue weighted by atomic mass is 10.1. The summed E-state index contributed by atoms with van der Waals surface area (Å²) in [5, 5.41) is 9.19. The second-order valence-corrected chi connectivity index (χ2v) is 10.6. The summed E-state index contributed by atoms with van der Waals surface area (Å²) < 4.78 is 19.1. The van der Waals surface area contributed by atoms with E-state index in [1.807, 2.05) is 73.7 Å². The normalized spacial score (nSPS) is 13.9. The molecule has 4 aromatic rings. The fraction of sp³-hybridized carbons (Fsp3) is 0.200. The molecule has 2 heterocycles. The second kappa shape index (κ2) is 12.5. The monoisotopic (exact) mass is 618 g/mol. The van der Waals surface area contributed by atoms with Gasteiger partial charge < -0.3 is 14.2 Å². The van der Waals surface area contributed by atoms with E-state index in [-0.39, 0.29) is 18.2 Å². The van der Waals surface area contributed by atoms with Crippen LogP contribution in [-0.4, -0.2) is 34.0 Å². The first-order valence-electron chi connectivity index (χ1n) is 12.6. The van der Waals surface area contributed by atoms with E-state index in [1.54, 1.807) is 18.1 Å². The molecule has 0 spiro atoms. The summed E-state index contributed by atoms with van der Waals surface area (Å²) in [6.07, 6.45) is 1.17. The Morgan fingerprint density at radius 3 is 2.67 bits per heavy atom. The molecule has 0 aliphatic carbocycles. The summed E-state index contributed by atoms with van der Waals surface area (Å²) >= 11 is 5.06. The summed E-state index contributed by atoms with van der Waals surface area (Å²) in [5.74, 6) is 1.82. The van der Waals surface area contributed by atoms with Crippen LogP contribution in [0.2, 0.25) is 0 Å². The van der Waals surface area contributed by atoms with Crippen LogP contribution in [0.25, 0.3) is 11.3 Å². The van der Waals surface area contributed by atoms with Gasteiger partial charge in [-0.15, -0.1) is 16.8 Å². The van der Waals surface area contributed by atoms with E-state index in [2.05, 4.69) is 37.7 Å². The molecule has 5 rings (SSSR count). The van der Waals surface area contributed by atoms with Crippen molar-refractivity contribution in [1.29, 1.82) is 0 Å². The molecular weight excluding hydrogens is 592 g/mol. The Morgan fingerprint density at radius 1 is 1.15 bits per heavy atom. The smallest absolute Gasteiger partial charge is 0.247 e. The van der Waals surface area contributed by atoms with Crippen LogP contribution in [0.3, 0.4) is 0 Å². The average molecular weight is 620 g/mol. The van der Waals surface area contributed by atoms with Gasteiger partial charge in [0.05, 0.1) is 17.3 Å². The number of ether oxygens (including phenoxy) is 3. The van der Waals surface area contributed by atoms with Crippen molar-refractivity contribution in [3.63, 3.8) is 0 Å². The van der Waals surface area contributed by atoms with Crippen molar-refractivity contribution in [1.82, 2.24) is 15.2 Å². The molecule has 1 aliphatic heterocycles. The number of thioether (sulfide) groups is 1. The number of hydrogen-bond acceptors (Lipinski definition) is 8. The van der Waals surface area contributed by atoms with Gasteiger partial charge in [0.25, 0.3) is 0 Å². The summed E-state index contributed by atoms with van der Waals surface area (Å²) in [4.78, 5) is 19.8. The molecule has 1 aromatic heterocycles. The zero-order valence-electron chi connectivity index (χ0n) is 22.0. The summed E-state index contributed by atoms with van der Waals surface area (Å²) in [5.41, 5.74) is 3.51. The quantitative estimate of drug-likeness (QED) is 0.146. The lowest BCUT2D eigenvalue weighted by molar-refractivity contribution is -0.120. The number of rotatable bonds is 9. The third-order valence-electron chi connectivity index (χ3n) is 6.18. The van der Waals surface area contributed by atoms with Crippen LogP contribution >= 0.6 is 27.7 Å². The number of anilines is 1. The number of fused-ring (bicyclic) bond motifs is 3. The predicted molar refractivity (Wildman–Crippen MR) is 159 cm³/mol. The molecule has 0 saturated carbocycles. The van der Waals surface area contributed by atoms with E-state index in [0.717, 1.165) is 5.56 Å². The largest absolute Gasteiger partial charge is 0.493 e. The number of methoxy groups -OCH3 is 1. The van der Waals surface area contributed by atoms with E-state index in [9.17, 15) is 4.79 Å². The summed E-state index contributed by atoms with van der Waals surface area (Å²) in [6, 6.07) is 21.1. The van der Waals surface area contributed by atoms with E-state index >= 15 is 0 Å². The van der Waals surface area contributed by atoms with Crippen molar-refractivity contribution in [3.05, 3.63) is 95.0 Å². The van der Waals surface area contributed by atoms with Crippen LogP contribution in [0, 0.1) is 0 Å². The zero-order valence-corrected chi connectivity index (χ0v) is 24.4. The van der Waals surface area contributed by atoms with Crippen molar-refractivity contribution >= 4 is 39.3 Å². The predicted octanol–water partition coefficient (Wildman–Crippen LogP) is 7.00. The Balaban J connectivity index is 1.61. The van der Waals surface area contributed by atoms with Crippen LogP contribution in [-0.2, 0) is 11.4 Å². The van der Waals surface area contributed by atoms with Gasteiger partial charge in [-0.3, -0.25) is 9.69 Å². The topological polar surface area (TPSA) is 86.7 Å². The van der Waals surface area contributed by atoms with Gasteiger partial charge in [-0.2, -0.15) is 4.98 Å². The minimum atomic E-state index is -0.864. The van der Waals surface area contributed by atoms with E-state index in [1.165, 1.54) is 11.8 Å². The average Bonchev–Trinajstić information content (AvgIpc) is 3.13. The minimum absolute atomic E-state index is 0.126. The molecule has 10 heteroatoms. The molecule has 0 fully saturated rings. The Morgan fingerprint density at radius 2 is 1.93 bits per heavy atom. The van der Waals surface area contributed by atoms with Gasteiger partial charge >= 0.3 is 0 Å². The summed E-state index contributed by atoms with van der Waals surface area (Å²) in [7, 11) is 1.58. The molecule has 40 heavy (non-hydrogen) atoms. The van der Waals surface area contributed by atoms with E-state index < -0.39 is 6.23 Å². The molecule has 0 bridgehead atoms. The Hall–Kier alpha value is -3.89. The number of carbonyl (C=O) groups is 1. The number of hydrogen-bond donors (Lipinski definition) is 0. The fourth-order valence-electron chi connectivity index (χ4n) is 4.32. The Kier molecular flexibility index (Phi) is 8.66. The van der Waals surface area contributed by atoms with Gasteiger partial charge in [-0.1, -0.05) is 73.3 Å². The molecule has 204 valence electrons. The van der Waals surface area contributed by atoms with Crippen LogP contribution < -0.4 is 19.1 Å². The lowest BCUT2D eigenvalue weighted by Crippen LogP contribution is -2.37. The highest BCUT2D eigenvalue weighted by molar-refractivity contribution is 9.10. The first kappa shape index (κ1) is 27.7. The van der Waals surface area contributed by atoms with Crippen molar-refractivity contribution in [2.24, 2.45) is 0 Å². The van der Waals surface area contributed by atoms with Gasteiger partial charge in [-0.05, 0) is 39.7 Å². The molecule has 1 amide bonds. The highest BCUT2D eigenvalue weighted by atomic mass is 79.9. The third-order valence-corrected chi connectivity index (χ3v) is 7.60. The van der Waals surface area contributed by atoms with Crippen molar-refractivity contribution in [3.8, 4) is 28.6 Å². The number of benzene rings is 3.